The van der Waals surface area contributed by atoms with Gasteiger partial charge in [-0.25, -0.2) is 14.6 Å². The van der Waals surface area contributed by atoms with E-state index in [0.717, 1.165) is 4.90 Å². The monoisotopic (exact) mass is 995 g/mol. The van der Waals surface area contributed by atoms with E-state index in [2.05, 4.69) is 47.2 Å². The Hall–Kier alpha value is -6.90. The molecular weight excluding hydrogens is 925 g/mol. The van der Waals surface area contributed by atoms with E-state index in [4.69, 9.17) is 11.5 Å². The van der Waals surface area contributed by atoms with Gasteiger partial charge in [0.15, 0.2) is 0 Å². The molecule has 0 spiro atoms. The molecule has 1 saturated heterocycles. The zero-order valence-electron chi connectivity index (χ0n) is 40.0. The van der Waals surface area contributed by atoms with Crippen molar-refractivity contribution in [3.63, 3.8) is 0 Å². The molecule has 2 rings (SSSR count). The molecule has 9 amide bonds. The number of carboxylic acid groups (broad SMARTS) is 3. The lowest BCUT2D eigenvalue weighted by molar-refractivity contribution is -0.145. The molecule has 0 bridgehead atoms. The third kappa shape index (κ3) is 20.0. The molecule has 0 aromatic carbocycles. The standard InChI is InChI=1S/C43H70N12O15/c1-21(2)17-28(51-37(63)29(18-24-19-46-20-47-24)52-40(66)33(22(3)4)54-43(45)70)38(64)53-34(23(5)56)41(67)55-16-8-10-30(55)39(65)49-26(12-14-32(59)60)35(61)48-25(11-13-31(57)58)36(62)50-27(42(68)69)9-6-7-15-44/h19-23,25-30,33-34,56H,6-18,44H2,1-5H3,(H,46,47)(H,48,61)(H,49,65)(H,50,62)(H,51,63)(H,52,66)(H,53,64)(H,57,58)(H,59,60)(H,68,69)(H3,45,54,70)/t23-,25+,26+,27+,28+,29+,30+,33+,34+/m1/s1. The maximum atomic E-state index is 14.2. The lowest BCUT2D eigenvalue weighted by Gasteiger charge is -2.32. The summed E-state index contributed by atoms with van der Waals surface area (Å²) in [4.78, 5) is 151. The summed E-state index contributed by atoms with van der Waals surface area (Å²) >= 11 is 0. The lowest BCUT2D eigenvalue weighted by atomic mass is 10.00. The van der Waals surface area contributed by atoms with Crippen molar-refractivity contribution in [3.05, 3.63) is 18.2 Å². The van der Waals surface area contributed by atoms with Gasteiger partial charge >= 0.3 is 23.9 Å². The van der Waals surface area contributed by atoms with E-state index < -0.39 is 151 Å². The number of carbonyl (C=O) groups excluding carboxylic acids is 8. The van der Waals surface area contributed by atoms with Crippen LogP contribution in [0.5, 0.6) is 0 Å². The van der Waals surface area contributed by atoms with Crippen molar-refractivity contribution in [2.24, 2.45) is 23.3 Å². The highest BCUT2D eigenvalue weighted by Gasteiger charge is 2.42. The van der Waals surface area contributed by atoms with Gasteiger partial charge in [-0.2, -0.15) is 0 Å². The summed E-state index contributed by atoms with van der Waals surface area (Å²) in [6, 6.07) is -12.6. The molecule has 16 N–H and O–H groups in total. The van der Waals surface area contributed by atoms with Crippen molar-refractivity contribution >= 4 is 65.3 Å². The molecule has 1 aromatic heterocycles. The summed E-state index contributed by atoms with van der Waals surface area (Å²) in [5, 5.41) is 56.3. The second-order valence-electron chi connectivity index (χ2n) is 17.9. The molecule has 0 aliphatic carbocycles. The number of nitrogens with one attached hydrogen (secondary N) is 8. The van der Waals surface area contributed by atoms with Crippen LogP contribution in [-0.4, -0.2) is 168 Å². The van der Waals surface area contributed by atoms with Gasteiger partial charge < -0.3 is 79.0 Å². The summed E-state index contributed by atoms with van der Waals surface area (Å²) in [5.41, 5.74) is 11.2. The first-order chi connectivity index (χ1) is 32.9. The fourth-order valence-corrected chi connectivity index (χ4v) is 7.51. The summed E-state index contributed by atoms with van der Waals surface area (Å²) in [6.45, 7) is 8.17. The third-order valence-electron chi connectivity index (χ3n) is 11.2. The summed E-state index contributed by atoms with van der Waals surface area (Å²) in [7, 11) is 0. The largest absolute Gasteiger partial charge is 0.481 e. The minimum atomic E-state index is -1.70. The Morgan fingerprint density at radius 1 is 0.700 bits per heavy atom. The molecule has 0 unspecified atom stereocenters. The van der Waals surface area contributed by atoms with E-state index in [1.165, 1.54) is 19.4 Å². The van der Waals surface area contributed by atoms with Crippen molar-refractivity contribution < 1.29 is 73.2 Å². The number of nitrogens with zero attached hydrogens (tertiary/aromatic N) is 2. The number of aliphatic hydroxyl groups is 1. The molecule has 70 heavy (non-hydrogen) atoms. The van der Waals surface area contributed by atoms with Gasteiger partial charge in [0, 0.05) is 37.7 Å². The average molecular weight is 995 g/mol. The number of hydrogen-bond donors (Lipinski definition) is 14. The van der Waals surface area contributed by atoms with Gasteiger partial charge in [0.05, 0.1) is 12.4 Å². The molecule has 392 valence electrons. The van der Waals surface area contributed by atoms with Crippen molar-refractivity contribution in [2.75, 3.05) is 13.1 Å². The number of unbranched alkanes of at least 4 members (excludes halogenated alkanes) is 1. The van der Waals surface area contributed by atoms with Gasteiger partial charge in [0.2, 0.25) is 41.4 Å². The second kappa shape index (κ2) is 29.2. The van der Waals surface area contributed by atoms with E-state index in [1.54, 1.807) is 27.7 Å². The second-order valence-corrected chi connectivity index (χ2v) is 17.9. The van der Waals surface area contributed by atoms with E-state index in [0.29, 0.717) is 18.5 Å². The number of nitrogens with two attached hydrogens (primary N) is 2. The van der Waals surface area contributed by atoms with E-state index in [1.807, 2.05) is 0 Å². The van der Waals surface area contributed by atoms with Crippen LogP contribution in [0.1, 0.15) is 105 Å². The summed E-state index contributed by atoms with van der Waals surface area (Å²) in [5.74, 6) is -11.4. The fraction of sp³-hybridized carbons (Fsp3) is 0.674. The number of likely N-dealkylation sites (tertiary alicyclic amines) is 1. The highest BCUT2D eigenvalue weighted by atomic mass is 16.4. The zero-order valence-corrected chi connectivity index (χ0v) is 40.0. The average Bonchev–Trinajstić information content (AvgIpc) is 3.99. The number of imidazole rings is 1. The molecule has 1 aliphatic heterocycles. The van der Waals surface area contributed by atoms with E-state index >= 15 is 0 Å². The fourth-order valence-electron chi connectivity index (χ4n) is 7.51. The van der Waals surface area contributed by atoms with Gasteiger partial charge in [0.1, 0.15) is 48.3 Å². The number of urea groups is 1. The predicted octanol–water partition coefficient (Wildman–Crippen LogP) is -3.09. The maximum absolute atomic E-state index is 14.2. The van der Waals surface area contributed by atoms with Gasteiger partial charge in [-0.15, -0.1) is 0 Å². The van der Waals surface area contributed by atoms with Crippen LogP contribution >= 0.6 is 0 Å². The number of hydrogen-bond acceptors (Lipinski definition) is 14. The van der Waals surface area contributed by atoms with Crippen LogP contribution in [0.15, 0.2) is 12.5 Å². The number of aliphatic carboxylic acids is 3. The first-order valence-electron chi connectivity index (χ1n) is 23.1. The molecule has 2 heterocycles. The Balaban J connectivity index is 2.36. The van der Waals surface area contributed by atoms with Gasteiger partial charge in [-0.3, -0.25) is 43.2 Å². The third-order valence-corrected chi connectivity index (χ3v) is 11.2. The molecular formula is C43H70N12O15. The van der Waals surface area contributed by atoms with Crippen LogP contribution in [0.4, 0.5) is 4.79 Å². The topological polar surface area (TPSA) is 437 Å². The molecule has 1 fully saturated rings. The maximum Gasteiger partial charge on any atom is 0.326 e. The predicted molar refractivity (Wildman–Crippen MR) is 245 cm³/mol. The lowest BCUT2D eigenvalue weighted by Crippen LogP contribution is -2.62. The Kier molecular flexibility index (Phi) is 24.7. The number of aliphatic hydroxyl groups excluding tert-OH is 1. The number of aromatic amines is 1. The number of aromatic nitrogens is 2. The first kappa shape index (κ1) is 59.2. The Morgan fingerprint density at radius 3 is 1.74 bits per heavy atom. The smallest absolute Gasteiger partial charge is 0.326 e. The number of rotatable bonds is 31. The van der Waals surface area contributed by atoms with Crippen LogP contribution in [-0.2, 0) is 54.4 Å². The van der Waals surface area contributed by atoms with Crippen LogP contribution in [0.3, 0.4) is 0 Å². The molecule has 9 atom stereocenters. The van der Waals surface area contributed by atoms with Crippen molar-refractivity contribution in [2.45, 2.75) is 160 Å². The normalized spacial score (nSPS) is 16.8. The highest BCUT2D eigenvalue weighted by molar-refractivity contribution is 5.98. The zero-order chi connectivity index (χ0) is 52.8. The van der Waals surface area contributed by atoms with Crippen molar-refractivity contribution in [1.82, 2.24) is 52.1 Å². The molecule has 27 heteroatoms. The number of carbonyl (C=O) groups is 11. The van der Waals surface area contributed by atoms with Crippen LogP contribution in [0.25, 0.3) is 0 Å². The van der Waals surface area contributed by atoms with Crippen molar-refractivity contribution in [3.8, 4) is 0 Å². The molecule has 0 saturated carbocycles. The summed E-state index contributed by atoms with van der Waals surface area (Å²) < 4.78 is 0. The quantitative estimate of drug-likeness (QED) is 0.0328. The van der Waals surface area contributed by atoms with Crippen molar-refractivity contribution in [1.29, 1.82) is 0 Å². The number of H-pyrrole nitrogens is 1. The number of primary amides is 1. The Labute approximate surface area is 404 Å². The van der Waals surface area contributed by atoms with Gasteiger partial charge in [-0.05, 0) is 76.7 Å². The van der Waals surface area contributed by atoms with Crippen LogP contribution < -0.4 is 48.7 Å². The molecule has 0 radical (unpaired) electrons. The van der Waals surface area contributed by atoms with E-state index in [9.17, 15) is 73.2 Å². The van der Waals surface area contributed by atoms with Crippen LogP contribution in [0.2, 0.25) is 0 Å². The Bertz CT molecular complexity index is 1980. The molecule has 1 aromatic rings. The molecule has 27 nitrogen and oxygen atoms in total. The minimum absolute atomic E-state index is 0.00314. The SMILES string of the molecule is CC(C)C[C@H](NC(=O)[C@H](Cc1cnc[nH]1)NC(=O)[C@@H](NC(N)=O)C(C)C)C(=O)N[C@H](C(=O)N1CCC[C@H]1C(=O)N[C@@H](CCC(=O)O)C(=O)N[C@@H](CCC(=O)O)C(=O)N[C@@H](CCCCN)C(=O)O)[C@@H](C)O. The number of carboxylic acids is 3. The highest BCUT2D eigenvalue weighted by Crippen LogP contribution is 2.21. The van der Waals surface area contributed by atoms with Gasteiger partial charge in [-0.1, -0.05) is 27.7 Å². The summed E-state index contributed by atoms with van der Waals surface area (Å²) in [6.07, 6.45) is -0.364. The number of amides is 9. The van der Waals surface area contributed by atoms with Crippen LogP contribution in [0, 0.1) is 11.8 Å². The molecule has 1 aliphatic rings. The van der Waals surface area contributed by atoms with E-state index in [-0.39, 0.29) is 51.1 Å². The minimum Gasteiger partial charge on any atom is -0.481 e. The van der Waals surface area contributed by atoms with Gasteiger partial charge in [0.25, 0.3) is 0 Å². The first-order valence-corrected chi connectivity index (χ1v) is 23.1. The Morgan fingerprint density at radius 2 is 1.24 bits per heavy atom.